The van der Waals surface area contributed by atoms with Gasteiger partial charge in [-0.25, -0.2) is 4.68 Å². The molecule has 1 aliphatic heterocycles. The maximum absolute atomic E-state index is 13.0. The standard InChI is InChI=1S/C20H23N7O2/c1-20(9-11-26(2)13-20)22-19(28)15-12-16(14-6-4-5-10-21-14)27(25-15)17-7-8-18(29-3)24-23-17/h4-8,10,12H,9,11,13H2,1-3H3,(H,22,28). The number of hydrogen-bond donors (Lipinski definition) is 1. The Hall–Kier alpha value is -3.33. The van der Waals surface area contributed by atoms with Crippen LogP contribution in [0.15, 0.2) is 42.6 Å². The van der Waals surface area contributed by atoms with Crippen molar-refractivity contribution in [2.75, 3.05) is 27.2 Å². The van der Waals surface area contributed by atoms with Crippen molar-refractivity contribution in [3.8, 4) is 23.1 Å². The van der Waals surface area contributed by atoms with Crippen molar-refractivity contribution in [3.63, 3.8) is 0 Å². The lowest BCUT2D eigenvalue weighted by atomic mass is 10.0. The zero-order valence-corrected chi connectivity index (χ0v) is 16.7. The maximum atomic E-state index is 13.0. The van der Waals surface area contributed by atoms with Gasteiger partial charge in [-0.3, -0.25) is 9.78 Å². The first-order valence-electron chi connectivity index (χ1n) is 9.38. The van der Waals surface area contributed by atoms with Gasteiger partial charge in [-0.1, -0.05) is 6.07 Å². The Morgan fingerprint density at radius 3 is 2.72 bits per heavy atom. The summed E-state index contributed by atoms with van der Waals surface area (Å²) in [6, 6.07) is 10.7. The highest BCUT2D eigenvalue weighted by atomic mass is 16.5. The molecule has 0 spiro atoms. The molecule has 0 bridgehead atoms. The normalized spacial score (nSPS) is 19.3. The summed E-state index contributed by atoms with van der Waals surface area (Å²) in [6.07, 6.45) is 2.59. The lowest BCUT2D eigenvalue weighted by Crippen LogP contribution is -2.47. The number of hydrogen-bond acceptors (Lipinski definition) is 7. The third-order valence-corrected chi connectivity index (χ3v) is 5.00. The molecule has 1 atom stereocenters. The fourth-order valence-electron chi connectivity index (χ4n) is 3.53. The molecule has 4 heterocycles. The average Bonchev–Trinajstić information content (AvgIpc) is 3.32. The quantitative estimate of drug-likeness (QED) is 0.702. The van der Waals surface area contributed by atoms with Crippen LogP contribution in [-0.2, 0) is 0 Å². The van der Waals surface area contributed by atoms with Gasteiger partial charge in [-0.2, -0.15) is 5.10 Å². The van der Waals surface area contributed by atoms with Crippen molar-refractivity contribution < 1.29 is 9.53 Å². The van der Waals surface area contributed by atoms with Gasteiger partial charge in [-0.15, -0.1) is 10.2 Å². The first-order valence-corrected chi connectivity index (χ1v) is 9.38. The van der Waals surface area contributed by atoms with Crippen molar-refractivity contribution in [1.82, 2.24) is 35.2 Å². The van der Waals surface area contributed by atoms with E-state index in [4.69, 9.17) is 4.74 Å². The molecule has 3 aromatic rings. The molecule has 1 unspecified atom stereocenters. The second-order valence-electron chi connectivity index (χ2n) is 7.48. The van der Waals surface area contributed by atoms with Gasteiger partial charge >= 0.3 is 0 Å². The van der Waals surface area contributed by atoms with Crippen LogP contribution in [0.4, 0.5) is 0 Å². The molecule has 4 rings (SSSR count). The smallest absolute Gasteiger partial charge is 0.272 e. The molecule has 150 valence electrons. The molecule has 9 heteroatoms. The first kappa shape index (κ1) is 19.0. The van der Waals surface area contributed by atoms with Crippen LogP contribution in [0.1, 0.15) is 23.8 Å². The van der Waals surface area contributed by atoms with Crippen LogP contribution in [0, 0.1) is 0 Å². The van der Waals surface area contributed by atoms with Crippen LogP contribution in [0.25, 0.3) is 17.2 Å². The molecular weight excluding hydrogens is 370 g/mol. The molecule has 9 nitrogen and oxygen atoms in total. The number of likely N-dealkylation sites (tertiary alicyclic amines) is 1. The Balaban J connectivity index is 1.70. The number of carbonyl (C=O) groups excluding carboxylic acids is 1. The summed E-state index contributed by atoms with van der Waals surface area (Å²) in [5, 5.41) is 15.8. The number of aromatic nitrogens is 5. The van der Waals surface area contributed by atoms with Crippen LogP contribution < -0.4 is 10.1 Å². The fourth-order valence-corrected chi connectivity index (χ4v) is 3.53. The summed E-state index contributed by atoms with van der Waals surface area (Å²) < 4.78 is 6.65. The Kier molecular flexibility index (Phi) is 4.98. The molecule has 1 aliphatic rings. The second-order valence-corrected chi connectivity index (χ2v) is 7.48. The van der Waals surface area contributed by atoms with E-state index >= 15 is 0 Å². The lowest BCUT2D eigenvalue weighted by Gasteiger charge is -2.24. The monoisotopic (exact) mass is 393 g/mol. The summed E-state index contributed by atoms with van der Waals surface area (Å²) in [7, 11) is 3.58. The van der Waals surface area contributed by atoms with E-state index in [-0.39, 0.29) is 11.4 Å². The summed E-state index contributed by atoms with van der Waals surface area (Å²) in [5.41, 5.74) is 1.37. The van der Waals surface area contributed by atoms with Crippen molar-refractivity contribution in [3.05, 3.63) is 48.3 Å². The second kappa shape index (κ2) is 7.59. The van der Waals surface area contributed by atoms with E-state index in [1.165, 1.54) is 7.11 Å². The number of nitrogens with one attached hydrogen (secondary N) is 1. The van der Waals surface area contributed by atoms with E-state index < -0.39 is 0 Å². The molecule has 1 N–H and O–H groups in total. The first-order chi connectivity index (χ1) is 14.0. The largest absolute Gasteiger partial charge is 0.480 e. The minimum absolute atomic E-state index is 0.222. The SMILES string of the molecule is COc1ccc(-n2nc(C(=O)NC3(C)CCN(C)C3)cc2-c2ccccn2)nn1. The summed E-state index contributed by atoms with van der Waals surface area (Å²) in [5.74, 6) is 0.647. The van der Waals surface area contributed by atoms with Gasteiger partial charge in [0.2, 0.25) is 5.88 Å². The predicted molar refractivity (Wildman–Crippen MR) is 107 cm³/mol. The van der Waals surface area contributed by atoms with E-state index in [0.29, 0.717) is 28.8 Å². The number of nitrogens with zero attached hydrogens (tertiary/aromatic N) is 6. The fraction of sp³-hybridized carbons (Fsp3) is 0.350. The molecule has 29 heavy (non-hydrogen) atoms. The molecule has 0 saturated carbocycles. The zero-order valence-electron chi connectivity index (χ0n) is 16.7. The molecule has 0 radical (unpaired) electrons. The highest BCUT2D eigenvalue weighted by Crippen LogP contribution is 2.24. The highest BCUT2D eigenvalue weighted by molar-refractivity contribution is 5.94. The van der Waals surface area contributed by atoms with Crippen LogP contribution in [0.2, 0.25) is 0 Å². The molecule has 3 aromatic heterocycles. The minimum Gasteiger partial charge on any atom is -0.480 e. The number of methoxy groups -OCH3 is 1. The van der Waals surface area contributed by atoms with Crippen LogP contribution in [0.5, 0.6) is 5.88 Å². The van der Waals surface area contributed by atoms with E-state index in [2.05, 4.69) is 37.4 Å². The number of pyridine rings is 1. The van der Waals surface area contributed by atoms with Crippen LogP contribution >= 0.6 is 0 Å². The zero-order chi connectivity index (χ0) is 20.4. The van der Waals surface area contributed by atoms with Gasteiger partial charge in [-0.05, 0) is 44.7 Å². The topological polar surface area (TPSA) is 98.1 Å². The number of ether oxygens (including phenoxy) is 1. The van der Waals surface area contributed by atoms with Gasteiger partial charge in [0.1, 0.15) is 0 Å². The molecular formula is C20H23N7O2. The molecule has 1 amide bonds. The summed E-state index contributed by atoms with van der Waals surface area (Å²) in [4.78, 5) is 19.6. The van der Waals surface area contributed by atoms with Gasteiger partial charge in [0, 0.05) is 25.4 Å². The third kappa shape index (κ3) is 3.95. The Morgan fingerprint density at radius 1 is 1.24 bits per heavy atom. The van der Waals surface area contributed by atoms with E-state index in [1.54, 1.807) is 29.1 Å². The average molecular weight is 393 g/mol. The highest BCUT2D eigenvalue weighted by Gasteiger charge is 2.34. The van der Waals surface area contributed by atoms with E-state index in [9.17, 15) is 4.79 Å². The van der Waals surface area contributed by atoms with Crippen molar-refractivity contribution in [1.29, 1.82) is 0 Å². The molecule has 0 aromatic carbocycles. The Morgan fingerprint density at radius 2 is 2.10 bits per heavy atom. The maximum Gasteiger partial charge on any atom is 0.272 e. The molecule has 0 aliphatic carbocycles. The van der Waals surface area contributed by atoms with Crippen LogP contribution in [-0.4, -0.2) is 68.6 Å². The van der Waals surface area contributed by atoms with E-state index in [0.717, 1.165) is 19.5 Å². The van der Waals surface area contributed by atoms with Gasteiger partial charge < -0.3 is 15.0 Å². The van der Waals surface area contributed by atoms with Crippen molar-refractivity contribution >= 4 is 5.91 Å². The van der Waals surface area contributed by atoms with Gasteiger partial charge in [0.25, 0.3) is 5.91 Å². The molecule has 1 fully saturated rings. The van der Waals surface area contributed by atoms with Crippen LogP contribution in [0.3, 0.4) is 0 Å². The summed E-state index contributed by atoms with van der Waals surface area (Å²) in [6.45, 7) is 3.81. The Labute approximate surface area is 168 Å². The number of likely N-dealkylation sites (N-methyl/N-ethyl adjacent to an activating group) is 1. The third-order valence-electron chi connectivity index (χ3n) is 5.00. The number of rotatable bonds is 5. The predicted octanol–water partition coefficient (Wildman–Crippen LogP) is 1.56. The summed E-state index contributed by atoms with van der Waals surface area (Å²) >= 11 is 0. The number of amides is 1. The van der Waals surface area contributed by atoms with Crippen molar-refractivity contribution in [2.24, 2.45) is 0 Å². The van der Waals surface area contributed by atoms with Gasteiger partial charge in [0.15, 0.2) is 11.5 Å². The van der Waals surface area contributed by atoms with E-state index in [1.807, 2.05) is 25.2 Å². The van der Waals surface area contributed by atoms with Crippen molar-refractivity contribution in [2.45, 2.75) is 18.9 Å². The minimum atomic E-state index is -0.277. The number of carbonyl (C=O) groups is 1. The Bertz CT molecular complexity index is 1000. The molecule has 1 saturated heterocycles. The lowest BCUT2D eigenvalue weighted by molar-refractivity contribution is 0.0903. The van der Waals surface area contributed by atoms with Gasteiger partial charge in [0.05, 0.1) is 24.0 Å².